The highest BCUT2D eigenvalue weighted by Crippen LogP contribution is 2.36. The second kappa shape index (κ2) is 6.46. The summed E-state index contributed by atoms with van der Waals surface area (Å²) in [5, 5.41) is 0. The first kappa shape index (κ1) is 13.0. The van der Waals surface area contributed by atoms with Crippen molar-refractivity contribution in [3.63, 3.8) is 0 Å². The van der Waals surface area contributed by atoms with Gasteiger partial charge < -0.3 is 4.90 Å². The van der Waals surface area contributed by atoms with Crippen LogP contribution in [0.1, 0.15) is 51.4 Å². The lowest BCUT2D eigenvalue weighted by Gasteiger charge is -2.41. The molecule has 0 N–H and O–H groups in total. The summed E-state index contributed by atoms with van der Waals surface area (Å²) in [6.07, 6.45) is 11.1. The number of carbonyl (C=O) groups excluding carboxylic acids is 1. The molecule has 2 fully saturated rings. The van der Waals surface area contributed by atoms with Gasteiger partial charge in [-0.2, -0.15) is 0 Å². The lowest BCUT2D eigenvalue weighted by atomic mass is 9.75. The van der Waals surface area contributed by atoms with Gasteiger partial charge in [-0.05, 0) is 31.1 Å². The van der Waals surface area contributed by atoms with Gasteiger partial charge in [-0.1, -0.05) is 32.0 Å². The average Bonchev–Trinajstić information content (AvgIpc) is 2.38. The fraction of sp³-hybridized carbons (Fsp3) is 0.929. The Bertz CT molecular complexity index is 257. The Labute approximate surface area is 107 Å². The summed E-state index contributed by atoms with van der Waals surface area (Å²) >= 11 is 0. The third kappa shape index (κ3) is 3.50. The highest BCUT2D eigenvalue weighted by Gasteiger charge is 2.32. The largest absolute Gasteiger partial charge is 0.342 e. The summed E-state index contributed by atoms with van der Waals surface area (Å²) in [5.74, 6) is 2.18. The highest BCUT2D eigenvalue weighted by molar-refractivity contribution is 6.08. The second-order valence-corrected chi connectivity index (χ2v) is 5.89. The average molecular weight is 235 g/mol. The number of fused-ring (bicyclic) bond motifs is 1. The molecule has 96 valence electrons. The van der Waals surface area contributed by atoms with Gasteiger partial charge in [0.05, 0.1) is 0 Å². The van der Waals surface area contributed by atoms with E-state index in [2.05, 4.69) is 12.7 Å². The van der Waals surface area contributed by atoms with Crippen LogP contribution >= 0.6 is 0 Å². The van der Waals surface area contributed by atoms with Crippen molar-refractivity contribution in [2.45, 2.75) is 57.7 Å². The fourth-order valence-electron chi connectivity index (χ4n) is 3.51. The minimum atomic E-state index is 0.419. The number of unbranched alkanes of at least 4 members (excludes halogenated alkanes) is 1. The normalized spacial score (nSPS) is 28.8. The van der Waals surface area contributed by atoms with Gasteiger partial charge >= 0.3 is 0 Å². The Morgan fingerprint density at radius 2 is 1.88 bits per heavy atom. The Hall–Kier alpha value is -0.465. The smallest absolute Gasteiger partial charge is 0.222 e. The number of likely N-dealkylation sites (tertiary alicyclic amines) is 1. The molecule has 1 saturated carbocycles. The van der Waals surface area contributed by atoms with Crippen LogP contribution in [0, 0.1) is 11.8 Å². The molecule has 0 bridgehead atoms. The maximum atomic E-state index is 12.1. The number of amides is 1. The molecule has 0 aromatic rings. The van der Waals surface area contributed by atoms with Gasteiger partial charge in [-0.3, -0.25) is 4.79 Å². The van der Waals surface area contributed by atoms with E-state index < -0.39 is 0 Å². The van der Waals surface area contributed by atoms with Gasteiger partial charge in [-0.15, -0.1) is 0 Å². The standard InChI is InChI=1S/C14H26BNO/c15-9-4-3-7-14(17)16-10-8-12-5-1-2-6-13(12)11-16/h12-13H,1-11,15H2. The molecule has 0 spiro atoms. The number of hydrogen-bond donors (Lipinski definition) is 0. The predicted molar refractivity (Wildman–Crippen MR) is 73.8 cm³/mol. The quantitative estimate of drug-likeness (QED) is 0.540. The maximum absolute atomic E-state index is 12.1. The third-order valence-corrected chi connectivity index (χ3v) is 4.64. The van der Waals surface area contributed by atoms with Crippen LogP contribution < -0.4 is 0 Å². The molecule has 1 amide bonds. The first-order valence-electron chi connectivity index (χ1n) is 7.59. The molecule has 0 radical (unpaired) electrons. The molecule has 3 heteroatoms. The fourth-order valence-corrected chi connectivity index (χ4v) is 3.51. The topological polar surface area (TPSA) is 20.3 Å². The van der Waals surface area contributed by atoms with E-state index in [9.17, 15) is 4.79 Å². The lowest BCUT2D eigenvalue weighted by Crippen LogP contribution is -2.44. The van der Waals surface area contributed by atoms with Crippen LogP contribution in [-0.2, 0) is 4.79 Å². The van der Waals surface area contributed by atoms with Gasteiger partial charge in [-0.25, -0.2) is 0 Å². The third-order valence-electron chi connectivity index (χ3n) is 4.64. The van der Waals surface area contributed by atoms with Crippen molar-refractivity contribution in [1.29, 1.82) is 0 Å². The van der Waals surface area contributed by atoms with Crippen LogP contribution in [0.25, 0.3) is 0 Å². The summed E-state index contributed by atoms with van der Waals surface area (Å²) in [5.41, 5.74) is 0. The molecular formula is C14H26BNO. The van der Waals surface area contributed by atoms with Crippen LogP contribution in [0.15, 0.2) is 0 Å². The minimum Gasteiger partial charge on any atom is -0.342 e. The molecule has 17 heavy (non-hydrogen) atoms. The van der Waals surface area contributed by atoms with Crippen molar-refractivity contribution in [2.24, 2.45) is 11.8 Å². The second-order valence-electron chi connectivity index (χ2n) is 5.89. The van der Waals surface area contributed by atoms with Crippen LogP contribution in [-0.4, -0.2) is 31.7 Å². The first-order chi connectivity index (χ1) is 8.31. The Kier molecular flexibility index (Phi) is 4.93. The summed E-state index contributed by atoms with van der Waals surface area (Å²) < 4.78 is 0. The van der Waals surface area contributed by atoms with Gasteiger partial charge in [0.25, 0.3) is 0 Å². The van der Waals surface area contributed by atoms with Crippen LogP contribution in [0.2, 0.25) is 6.32 Å². The van der Waals surface area contributed by atoms with E-state index in [1.54, 1.807) is 0 Å². The Morgan fingerprint density at radius 1 is 1.12 bits per heavy atom. The molecule has 0 aromatic carbocycles. The van der Waals surface area contributed by atoms with E-state index in [-0.39, 0.29) is 0 Å². The zero-order chi connectivity index (χ0) is 12.1. The zero-order valence-electron chi connectivity index (χ0n) is 11.3. The summed E-state index contributed by atoms with van der Waals surface area (Å²) in [6.45, 7) is 2.10. The van der Waals surface area contributed by atoms with Gasteiger partial charge in [0, 0.05) is 19.5 Å². The van der Waals surface area contributed by atoms with Gasteiger partial charge in [0.1, 0.15) is 7.85 Å². The Balaban J connectivity index is 1.76. The lowest BCUT2D eigenvalue weighted by molar-refractivity contribution is -0.134. The number of nitrogens with zero attached hydrogens (tertiary/aromatic N) is 1. The van der Waals surface area contributed by atoms with Crippen molar-refractivity contribution in [2.75, 3.05) is 13.1 Å². The molecule has 2 unspecified atom stereocenters. The molecule has 2 rings (SSSR count). The highest BCUT2D eigenvalue weighted by atomic mass is 16.2. The first-order valence-corrected chi connectivity index (χ1v) is 7.59. The van der Waals surface area contributed by atoms with Crippen LogP contribution in [0.3, 0.4) is 0 Å². The summed E-state index contributed by atoms with van der Waals surface area (Å²) in [4.78, 5) is 14.2. The number of hydrogen-bond acceptors (Lipinski definition) is 1. The molecule has 2 atom stereocenters. The summed E-state index contributed by atoms with van der Waals surface area (Å²) in [7, 11) is 2.19. The van der Waals surface area contributed by atoms with Gasteiger partial charge in [0.15, 0.2) is 0 Å². The van der Waals surface area contributed by atoms with E-state index >= 15 is 0 Å². The van der Waals surface area contributed by atoms with E-state index in [4.69, 9.17) is 0 Å². The molecule has 1 aliphatic carbocycles. The number of rotatable bonds is 4. The molecule has 2 aliphatic rings. The van der Waals surface area contributed by atoms with Crippen molar-refractivity contribution in [3.05, 3.63) is 0 Å². The molecule has 0 aromatic heterocycles. The molecule has 1 aliphatic heterocycles. The minimum absolute atomic E-state index is 0.419. The van der Waals surface area contributed by atoms with E-state index in [0.29, 0.717) is 5.91 Å². The Morgan fingerprint density at radius 3 is 2.65 bits per heavy atom. The van der Waals surface area contributed by atoms with E-state index in [0.717, 1.165) is 37.8 Å². The predicted octanol–water partition coefficient (Wildman–Crippen LogP) is 2.25. The van der Waals surface area contributed by atoms with E-state index in [1.165, 1.54) is 44.8 Å². The van der Waals surface area contributed by atoms with Crippen LogP contribution in [0.4, 0.5) is 0 Å². The van der Waals surface area contributed by atoms with Crippen LogP contribution in [0.5, 0.6) is 0 Å². The molecule has 1 heterocycles. The van der Waals surface area contributed by atoms with Crippen molar-refractivity contribution in [3.8, 4) is 0 Å². The van der Waals surface area contributed by atoms with Gasteiger partial charge in [0.2, 0.25) is 5.91 Å². The molecule has 2 nitrogen and oxygen atoms in total. The zero-order valence-corrected chi connectivity index (χ0v) is 11.3. The van der Waals surface area contributed by atoms with Crippen molar-refractivity contribution >= 4 is 13.8 Å². The molecule has 1 saturated heterocycles. The SMILES string of the molecule is BCCCCC(=O)N1CCC2CCCCC2C1. The van der Waals surface area contributed by atoms with Crippen molar-refractivity contribution < 1.29 is 4.79 Å². The summed E-state index contributed by atoms with van der Waals surface area (Å²) in [6, 6.07) is 0. The monoisotopic (exact) mass is 235 g/mol. The number of carbonyl (C=O) groups is 1. The molecular weight excluding hydrogens is 209 g/mol. The number of piperidine rings is 1. The maximum Gasteiger partial charge on any atom is 0.222 e. The van der Waals surface area contributed by atoms with E-state index in [1.807, 2.05) is 0 Å². The van der Waals surface area contributed by atoms with Crippen molar-refractivity contribution in [1.82, 2.24) is 4.90 Å².